The molecule has 0 aliphatic carbocycles. The Bertz CT molecular complexity index is 1770. The minimum absolute atomic E-state index is 0.0154. The van der Waals surface area contributed by atoms with Crippen LogP contribution in [0.3, 0.4) is 0 Å². The van der Waals surface area contributed by atoms with Gasteiger partial charge in [-0.1, -0.05) is 53.0 Å². The van der Waals surface area contributed by atoms with E-state index in [2.05, 4.69) is 26.5 Å². The van der Waals surface area contributed by atoms with E-state index in [-0.39, 0.29) is 22.2 Å². The van der Waals surface area contributed by atoms with Gasteiger partial charge >= 0.3 is 0 Å². The lowest BCUT2D eigenvalue weighted by atomic mass is 10.2. The summed E-state index contributed by atoms with van der Waals surface area (Å²) in [5, 5.41) is 4.85. The van der Waals surface area contributed by atoms with Gasteiger partial charge in [0.15, 0.2) is 11.5 Å². The third kappa shape index (κ3) is 8.23. The van der Waals surface area contributed by atoms with E-state index in [1.54, 1.807) is 36.4 Å². The molecule has 13 heteroatoms. The van der Waals surface area contributed by atoms with Gasteiger partial charge in [-0.05, 0) is 88.6 Å². The average Bonchev–Trinajstić information content (AvgIpc) is 3.00. The number of hydrazone groups is 1. The molecule has 0 saturated heterocycles. The van der Waals surface area contributed by atoms with Gasteiger partial charge < -0.3 is 14.2 Å². The number of anilines is 1. The Kier molecular flexibility index (Phi) is 11.1. The van der Waals surface area contributed by atoms with Gasteiger partial charge in [-0.2, -0.15) is 5.10 Å². The summed E-state index contributed by atoms with van der Waals surface area (Å²) in [5.74, 6) is 0.601. The maximum absolute atomic E-state index is 13.6. The first-order valence-corrected chi connectivity index (χ1v) is 16.0. The maximum Gasteiger partial charge on any atom is 0.264 e. The molecule has 230 valence electrons. The third-order valence-corrected chi connectivity index (χ3v) is 9.20. The Hall–Kier alpha value is -3.77. The van der Waals surface area contributed by atoms with Crippen LogP contribution in [0.2, 0.25) is 10.0 Å². The van der Waals surface area contributed by atoms with Gasteiger partial charge in [0, 0.05) is 5.02 Å². The van der Waals surface area contributed by atoms with Gasteiger partial charge in [0.2, 0.25) is 0 Å². The van der Waals surface area contributed by atoms with Crippen LogP contribution in [0, 0.1) is 6.92 Å². The second-order valence-corrected chi connectivity index (χ2v) is 12.9. The number of carbonyl (C=O) groups is 1. The second kappa shape index (κ2) is 14.8. The van der Waals surface area contributed by atoms with Crippen molar-refractivity contribution in [3.8, 4) is 17.2 Å². The van der Waals surface area contributed by atoms with Crippen molar-refractivity contribution in [3.05, 3.63) is 110 Å². The van der Waals surface area contributed by atoms with E-state index in [0.29, 0.717) is 32.3 Å². The third-order valence-electron chi connectivity index (χ3n) is 6.27. The predicted molar refractivity (Wildman–Crippen MR) is 176 cm³/mol. The zero-order chi connectivity index (χ0) is 31.9. The van der Waals surface area contributed by atoms with Crippen LogP contribution in [-0.2, 0) is 21.4 Å². The molecule has 4 aromatic carbocycles. The highest BCUT2D eigenvalue weighted by molar-refractivity contribution is 9.10. The number of carbonyl (C=O) groups excluding carboxylic acids is 1. The van der Waals surface area contributed by atoms with Crippen molar-refractivity contribution in [2.45, 2.75) is 18.4 Å². The van der Waals surface area contributed by atoms with Crippen LogP contribution in [0.15, 0.2) is 93.3 Å². The highest BCUT2D eigenvalue weighted by Gasteiger charge is 2.28. The zero-order valence-corrected chi connectivity index (χ0v) is 27.8. The average molecular weight is 721 g/mol. The number of rotatable bonds is 12. The van der Waals surface area contributed by atoms with E-state index in [9.17, 15) is 13.2 Å². The Labute approximate surface area is 274 Å². The molecule has 0 heterocycles. The summed E-state index contributed by atoms with van der Waals surface area (Å²) in [7, 11) is -1.19. The molecule has 44 heavy (non-hydrogen) atoms. The molecule has 9 nitrogen and oxygen atoms in total. The molecule has 0 radical (unpaired) electrons. The van der Waals surface area contributed by atoms with Crippen LogP contribution in [0.5, 0.6) is 17.2 Å². The lowest BCUT2D eigenvalue weighted by Gasteiger charge is -2.24. The van der Waals surface area contributed by atoms with Crippen LogP contribution in [-0.4, -0.2) is 41.3 Å². The summed E-state index contributed by atoms with van der Waals surface area (Å²) in [6.07, 6.45) is 1.40. The van der Waals surface area contributed by atoms with Crippen LogP contribution in [0.4, 0.5) is 5.69 Å². The van der Waals surface area contributed by atoms with Gasteiger partial charge in [-0.25, -0.2) is 13.8 Å². The molecule has 1 N–H and O–H groups in total. The van der Waals surface area contributed by atoms with Crippen LogP contribution in [0.25, 0.3) is 0 Å². The fourth-order valence-corrected chi connectivity index (χ4v) is 6.36. The van der Waals surface area contributed by atoms with E-state index in [1.807, 2.05) is 19.1 Å². The van der Waals surface area contributed by atoms with E-state index in [0.717, 1.165) is 15.4 Å². The number of hydrogen-bond donors (Lipinski definition) is 1. The Balaban J connectivity index is 1.51. The summed E-state index contributed by atoms with van der Waals surface area (Å²) in [5.41, 5.74) is 4.97. The number of methoxy groups -OCH3 is 2. The lowest BCUT2D eigenvalue weighted by Crippen LogP contribution is -2.39. The highest BCUT2D eigenvalue weighted by Crippen LogP contribution is 2.37. The van der Waals surface area contributed by atoms with Gasteiger partial charge in [-0.15, -0.1) is 0 Å². The number of halogens is 3. The molecule has 0 aliphatic heterocycles. The first-order valence-electron chi connectivity index (χ1n) is 13.0. The largest absolute Gasteiger partial charge is 0.495 e. The van der Waals surface area contributed by atoms with Crippen molar-refractivity contribution >= 4 is 67.0 Å². The standard InChI is InChI=1S/C31H28BrCl2N3O6S/c1-20-4-11-25(12-5-20)44(39,40)37(24-10-13-28(41-2)27(34)16-24)18-30(38)36-35-17-22-14-26(32)31(29(15-22)42-3)43-19-21-6-8-23(33)9-7-21/h4-17H,18-19H2,1-3H3,(H,36,38)/b35-17-. The molecular weight excluding hydrogens is 693 g/mol. The van der Waals surface area contributed by atoms with E-state index in [1.165, 1.54) is 50.8 Å². The number of sulfonamides is 1. The van der Waals surface area contributed by atoms with Crippen molar-refractivity contribution in [1.82, 2.24) is 5.43 Å². The summed E-state index contributed by atoms with van der Waals surface area (Å²) >= 11 is 15.7. The highest BCUT2D eigenvalue weighted by atomic mass is 79.9. The lowest BCUT2D eigenvalue weighted by molar-refractivity contribution is -0.119. The molecule has 4 aromatic rings. The number of nitrogens with zero attached hydrogens (tertiary/aromatic N) is 2. The monoisotopic (exact) mass is 719 g/mol. The summed E-state index contributed by atoms with van der Waals surface area (Å²) < 4.78 is 45.5. The quantitative estimate of drug-likeness (QED) is 0.125. The molecule has 0 saturated carbocycles. The molecule has 0 aromatic heterocycles. The number of amides is 1. The Morgan fingerprint density at radius 1 is 0.955 bits per heavy atom. The van der Waals surface area contributed by atoms with Crippen molar-refractivity contribution < 1.29 is 27.4 Å². The second-order valence-electron chi connectivity index (χ2n) is 9.39. The molecule has 0 spiro atoms. The molecule has 0 aliphatic rings. The molecule has 0 unspecified atom stereocenters. The van der Waals surface area contributed by atoms with E-state index < -0.39 is 22.5 Å². The first-order chi connectivity index (χ1) is 21.0. The van der Waals surface area contributed by atoms with Crippen LogP contribution < -0.4 is 23.9 Å². The Morgan fingerprint density at radius 2 is 1.64 bits per heavy atom. The fourth-order valence-electron chi connectivity index (χ4n) is 4.00. The normalized spacial score (nSPS) is 11.3. The first kappa shape index (κ1) is 33.1. The Morgan fingerprint density at radius 3 is 2.27 bits per heavy atom. The molecular formula is C31H28BrCl2N3O6S. The fraction of sp³-hybridized carbons (Fsp3) is 0.161. The van der Waals surface area contributed by atoms with Crippen LogP contribution >= 0.6 is 39.1 Å². The topological polar surface area (TPSA) is 107 Å². The molecule has 0 bridgehead atoms. The number of nitrogens with one attached hydrogen (secondary N) is 1. The number of benzene rings is 4. The minimum Gasteiger partial charge on any atom is -0.495 e. The van der Waals surface area contributed by atoms with Crippen molar-refractivity contribution in [2.75, 3.05) is 25.1 Å². The summed E-state index contributed by atoms with van der Waals surface area (Å²) in [4.78, 5) is 13.0. The minimum atomic E-state index is -4.15. The van der Waals surface area contributed by atoms with Gasteiger partial charge in [0.1, 0.15) is 18.9 Å². The van der Waals surface area contributed by atoms with Crippen molar-refractivity contribution in [3.63, 3.8) is 0 Å². The molecule has 0 atom stereocenters. The molecule has 0 fully saturated rings. The van der Waals surface area contributed by atoms with Gasteiger partial charge in [-0.3, -0.25) is 9.10 Å². The van der Waals surface area contributed by atoms with Crippen LogP contribution in [0.1, 0.15) is 16.7 Å². The predicted octanol–water partition coefficient (Wildman–Crippen LogP) is 7.01. The van der Waals surface area contributed by atoms with Gasteiger partial charge in [0.05, 0.1) is 40.5 Å². The number of hydrogen-bond acceptors (Lipinski definition) is 7. The maximum atomic E-state index is 13.6. The SMILES string of the molecule is COc1ccc(N(CC(=O)N/N=C\c2cc(Br)c(OCc3ccc(Cl)cc3)c(OC)c2)S(=O)(=O)c2ccc(C)cc2)cc1Cl. The van der Waals surface area contributed by atoms with E-state index >= 15 is 0 Å². The van der Waals surface area contributed by atoms with Crippen molar-refractivity contribution in [1.29, 1.82) is 0 Å². The summed E-state index contributed by atoms with van der Waals surface area (Å²) in [6, 6.07) is 21.5. The molecule has 4 rings (SSSR count). The smallest absolute Gasteiger partial charge is 0.264 e. The zero-order valence-electron chi connectivity index (χ0n) is 23.9. The number of aryl methyl sites for hydroxylation is 1. The summed E-state index contributed by atoms with van der Waals surface area (Å²) in [6.45, 7) is 1.57. The molecule has 1 amide bonds. The van der Waals surface area contributed by atoms with Gasteiger partial charge in [0.25, 0.3) is 15.9 Å². The van der Waals surface area contributed by atoms with Crippen molar-refractivity contribution in [2.24, 2.45) is 5.10 Å². The number of ether oxygens (including phenoxy) is 3. The van der Waals surface area contributed by atoms with E-state index in [4.69, 9.17) is 37.4 Å².